The number of pyridine rings is 1. The molecule has 0 saturated carbocycles. The second-order valence-corrected chi connectivity index (χ2v) is 13.3. The van der Waals surface area contributed by atoms with Gasteiger partial charge in [0, 0.05) is 23.9 Å². The fourth-order valence-corrected chi connectivity index (χ4v) is 8.27. The van der Waals surface area contributed by atoms with Crippen LogP contribution in [0.1, 0.15) is 85.3 Å². The summed E-state index contributed by atoms with van der Waals surface area (Å²) in [6.07, 6.45) is 4.49. The summed E-state index contributed by atoms with van der Waals surface area (Å²) in [5.74, 6) is 0.978. The standard InChI is InChI=1S/C36H32FN5O4S/c1-19-40-41-35(46-19)30-25(14-10-20-8-11-21(37)12-9-20)38-33-26-6-4-18-42(26)36(44)32(33)31(30)28-16-17-29(47-28)34(43)39-24-15-13-23-22(24)5-3-7-27(23)45-2/h3,5,7-9,11-12,16-17,24,26H,4,6,10,13-15,18H2,1-2H3,(H,39,43)/t24-,26-/m0/s1. The van der Waals surface area contributed by atoms with Crippen molar-refractivity contribution >= 4 is 23.2 Å². The number of ether oxygens (including phenoxy) is 1. The highest BCUT2D eigenvalue weighted by Gasteiger charge is 2.45. The van der Waals surface area contributed by atoms with Gasteiger partial charge in [0.05, 0.1) is 46.6 Å². The first kappa shape index (κ1) is 29.5. The van der Waals surface area contributed by atoms with Gasteiger partial charge in [0.15, 0.2) is 0 Å². The fourth-order valence-electron chi connectivity index (χ4n) is 7.30. The molecule has 2 aromatic carbocycles. The number of aromatic nitrogens is 3. The molecule has 0 bridgehead atoms. The SMILES string of the molecule is COc1cccc2c1CC[C@@H]2NC(=O)c1ccc(-c2c3c(nc(CCc4ccc(F)cc4)c2-c2nnc(C)o2)[C@@H]2CCCN2C3=O)s1. The van der Waals surface area contributed by atoms with Crippen molar-refractivity contribution in [3.8, 4) is 27.6 Å². The van der Waals surface area contributed by atoms with E-state index in [0.717, 1.165) is 64.4 Å². The predicted molar refractivity (Wildman–Crippen MR) is 174 cm³/mol. The van der Waals surface area contributed by atoms with E-state index in [0.29, 0.717) is 46.8 Å². The lowest BCUT2D eigenvalue weighted by molar-refractivity contribution is 0.0776. The van der Waals surface area contributed by atoms with E-state index in [1.54, 1.807) is 26.2 Å². The Morgan fingerprint density at radius 2 is 1.91 bits per heavy atom. The first-order valence-corrected chi connectivity index (χ1v) is 16.7. The van der Waals surface area contributed by atoms with E-state index < -0.39 is 0 Å². The Balaban J connectivity index is 1.21. The molecule has 2 aliphatic heterocycles. The smallest absolute Gasteiger partial charge is 0.261 e. The van der Waals surface area contributed by atoms with Crippen LogP contribution in [0.4, 0.5) is 4.39 Å². The lowest BCUT2D eigenvalue weighted by Crippen LogP contribution is -2.26. The highest BCUT2D eigenvalue weighted by molar-refractivity contribution is 7.17. The number of thiophene rings is 1. The number of hydrogen-bond donors (Lipinski definition) is 1. The van der Waals surface area contributed by atoms with E-state index in [1.165, 1.54) is 23.5 Å². The largest absolute Gasteiger partial charge is 0.496 e. The van der Waals surface area contributed by atoms with Crippen LogP contribution in [0.15, 0.2) is 59.0 Å². The minimum absolute atomic E-state index is 0.0662. The van der Waals surface area contributed by atoms with Gasteiger partial charge in [0.2, 0.25) is 11.8 Å². The number of amides is 2. The predicted octanol–water partition coefficient (Wildman–Crippen LogP) is 6.81. The number of rotatable bonds is 8. The highest BCUT2D eigenvalue weighted by atomic mass is 32.1. The van der Waals surface area contributed by atoms with Crippen LogP contribution in [-0.4, -0.2) is 45.6 Å². The van der Waals surface area contributed by atoms with Crippen LogP contribution < -0.4 is 10.1 Å². The van der Waals surface area contributed by atoms with Crippen molar-refractivity contribution in [2.24, 2.45) is 0 Å². The summed E-state index contributed by atoms with van der Waals surface area (Å²) < 4.78 is 25.2. The van der Waals surface area contributed by atoms with Gasteiger partial charge in [-0.3, -0.25) is 14.6 Å². The molecule has 0 spiro atoms. The van der Waals surface area contributed by atoms with Gasteiger partial charge >= 0.3 is 0 Å². The number of hydrogen-bond acceptors (Lipinski definition) is 8. The molecule has 9 nitrogen and oxygen atoms in total. The van der Waals surface area contributed by atoms with Crippen LogP contribution in [0.25, 0.3) is 21.9 Å². The second-order valence-electron chi connectivity index (χ2n) is 12.2. The number of carbonyl (C=O) groups is 2. The Kier molecular flexibility index (Phi) is 7.35. The third kappa shape index (κ3) is 5.09. The number of aryl methyl sites for hydroxylation is 3. The number of carbonyl (C=O) groups excluding carboxylic acids is 2. The van der Waals surface area contributed by atoms with Gasteiger partial charge in [-0.05, 0) is 85.5 Å². The van der Waals surface area contributed by atoms with Crippen molar-refractivity contribution in [2.45, 2.75) is 57.5 Å². The molecule has 1 fully saturated rings. The monoisotopic (exact) mass is 649 g/mol. The lowest BCUT2D eigenvalue weighted by atomic mass is 9.93. The van der Waals surface area contributed by atoms with Gasteiger partial charge in [-0.1, -0.05) is 24.3 Å². The minimum atomic E-state index is -0.289. The van der Waals surface area contributed by atoms with Crippen LogP contribution in [0.3, 0.4) is 0 Å². The van der Waals surface area contributed by atoms with E-state index in [2.05, 4.69) is 15.5 Å². The van der Waals surface area contributed by atoms with Gasteiger partial charge in [-0.15, -0.1) is 21.5 Å². The van der Waals surface area contributed by atoms with Crippen molar-refractivity contribution in [3.05, 3.63) is 105 Å². The van der Waals surface area contributed by atoms with Crippen molar-refractivity contribution in [1.82, 2.24) is 25.4 Å². The van der Waals surface area contributed by atoms with Crippen LogP contribution >= 0.6 is 11.3 Å². The number of halogens is 1. The molecule has 2 amide bonds. The third-order valence-electron chi connectivity index (χ3n) is 9.48. The van der Waals surface area contributed by atoms with Gasteiger partial charge < -0.3 is 19.4 Å². The van der Waals surface area contributed by atoms with E-state index in [-0.39, 0.29) is 35.6 Å². The molecular weight excluding hydrogens is 617 g/mol. The number of methoxy groups -OCH3 is 1. The zero-order valence-corrected chi connectivity index (χ0v) is 26.8. The quantitative estimate of drug-likeness (QED) is 0.197. The molecule has 2 atom stereocenters. The molecule has 11 heteroatoms. The average molecular weight is 650 g/mol. The molecule has 5 aromatic rings. The maximum absolute atomic E-state index is 14.0. The number of benzene rings is 2. The molecule has 3 aromatic heterocycles. The van der Waals surface area contributed by atoms with Gasteiger partial charge in [-0.2, -0.15) is 0 Å². The second kappa shape index (κ2) is 11.7. The van der Waals surface area contributed by atoms with Gasteiger partial charge in [-0.25, -0.2) is 4.39 Å². The van der Waals surface area contributed by atoms with Gasteiger partial charge in [0.25, 0.3) is 11.8 Å². The van der Waals surface area contributed by atoms with Crippen molar-refractivity contribution in [3.63, 3.8) is 0 Å². The first-order valence-electron chi connectivity index (χ1n) is 15.9. The molecular formula is C36H32FN5O4S. The zero-order chi connectivity index (χ0) is 32.2. The molecule has 5 heterocycles. The molecule has 0 unspecified atom stereocenters. The molecule has 0 radical (unpaired) electrons. The van der Waals surface area contributed by atoms with Crippen LogP contribution in [-0.2, 0) is 19.3 Å². The minimum Gasteiger partial charge on any atom is -0.496 e. The Labute approximate surface area is 274 Å². The first-order chi connectivity index (χ1) is 22.9. The summed E-state index contributed by atoms with van der Waals surface area (Å²) in [5.41, 5.74) is 6.47. The van der Waals surface area contributed by atoms with Crippen molar-refractivity contribution in [1.29, 1.82) is 0 Å². The van der Waals surface area contributed by atoms with Crippen LogP contribution in [0.2, 0.25) is 0 Å². The highest BCUT2D eigenvalue weighted by Crippen LogP contribution is 2.49. The maximum Gasteiger partial charge on any atom is 0.261 e. The maximum atomic E-state index is 14.0. The van der Waals surface area contributed by atoms with Gasteiger partial charge in [0.1, 0.15) is 11.6 Å². The Morgan fingerprint density at radius 1 is 1.06 bits per heavy atom. The summed E-state index contributed by atoms with van der Waals surface area (Å²) >= 11 is 1.34. The molecule has 47 heavy (non-hydrogen) atoms. The van der Waals surface area contributed by atoms with Crippen molar-refractivity contribution in [2.75, 3.05) is 13.7 Å². The van der Waals surface area contributed by atoms with E-state index in [9.17, 15) is 14.0 Å². The number of nitrogens with one attached hydrogen (secondary N) is 1. The summed E-state index contributed by atoms with van der Waals surface area (Å²) in [5, 5.41) is 11.7. The van der Waals surface area contributed by atoms with Crippen LogP contribution in [0.5, 0.6) is 5.75 Å². The fraction of sp³-hybridized carbons (Fsp3) is 0.306. The molecule has 1 N–H and O–H groups in total. The molecule has 3 aliphatic rings. The Bertz CT molecular complexity index is 2040. The lowest BCUT2D eigenvalue weighted by Gasteiger charge is -2.16. The van der Waals surface area contributed by atoms with Crippen LogP contribution in [0, 0.1) is 12.7 Å². The molecule has 1 aliphatic carbocycles. The third-order valence-corrected chi connectivity index (χ3v) is 10.6. The normalized spacial score (nSPS) is 17.9. The summed E-state index contributed by atoms with van der Waals surface area (Å²) in [4.78, 5) is 36.1. The van der Waals surface area contributed by atoms with Crippen molar-refractivity contribution < 1.29 is 23.1 Å². The summed E-state index contributed by atoms with van der Waals surface area (Å²) in [7, 11) is 1.66. The zero-order valence-electron chi connectivity index (χ0n) is 26.0. The van der Waals surface area contributed by atoms with E-state index in [4.69, 9.17) is 14.1 Å². The topological polar surface area (TPSA) is 110 Å². The van der Waals surface area contributed by atoms with E-state index in [1.807, 2.05) is 35.2 Å². The molecule has 238 valence electrons. The molecule has 8 rings (SSSR count). The number of fused-ring (bicyclic) bond motifs is 4. The van der Waals surface area contributed by atoms with E-state index >= 15 is 0 Å². The number of nitrogens with zero attached hydrogens (tertiary/aromatic N) is 4. The summed E-state index contributed by atoms with van der Waals surface area (Å²) in [6, 6.07) is 15.9. The average Bonchev–Trinajstić information content (AvgIpc) is 3.92. The summed E-state index contributed by atoms with van der Waals surface area (Å²) in [6.45, 7) is 2.39. The Morgan fingerprint density at radius 3 is 2.70 bits per heavy atom. The molecule has 1 saturated heterocycles. The Hall–Kier alpha value is -4.90.